The van der Waals surface area contributed by atoms with Crippen molar-refractivity contribution in [2.75, 3.05) is 6.61 Å². The van der Waals surface area contributed by atoms with Crippen molar-refractivity contribution in [2.24, 2.45) is 0 Å². The van der Waals surface area contributed by atoms with Gasteiger partial charge in [-0.05, 0) is 36.0 Å². The molecule has 2 rings (SSSR count). The van der Waals surface area contributed by atoms with Gasteiger partial charge in [-0.2, -0.15) is 0 Å². The molecular weight excluding hydrogens is 355 g/mol. The van der Waals surface area contributed by atoms with Gasteiger partial charge in [0.2, 0.25) is 0 Å². The number of carbonyl (C=O) groups excluding carboxylic acids is 1. The van der Waals surface area contributed by atoms with Crippen molar-refractivity contribution >= 4 is 46.4 Å². The summed E-state index contributed by atoms with van der Waals surface area (Å²) in [6, 6.07) is 14.5. The zero-order valence-corrected chi connectivity index (χ0v) is 14.3. The first-order valence-electron chi connectivity index (χ1n) is 6.74. The van der Waals surface area contributed by atoms with E-state index in [4.69, 9.17) is 40.2 Å². The van der Waals surface area contributed by atoms with Gasteiger partial charge in [-0.25, -0.2) is 0 Å². The highest BCUT2D eigenvalue weighted by atomic mass is 35.5. The first-order valence-corrected chi connectivity index (χ1v) is 7.90. The molecular formula is C16H14Cl2N2O2S. The summed E-state index contributed by atoms with van der Waals surface area (Å²) in [6.45, 7) is 0.332. The second-order valence-corrected chi connectivity index (χ2v) is 5.83. The van der Waals surface area contributed by atoms with Gasteiger partial charge in [0.05, 0.1) is 5.02 Å². The molecule has 0 atom stereocenters. The highest BCUT2D eigenvalue weighted by Crippen LogP contribution is 2.27. The summed E-state index contributed by atoms with van der Waals surface area (Å²) in [5.41, 5.74) is 1.06. The Hall–Kier alpha value is -1.82. The van der Waals surface area contributed by atoms with Crippen LogP contribution in [0.15, 0.2) is 48.5 Å². The molecule has 0 aliphatic rings. The van der Waals surface area contributed by atoms with Gasteiger partial charge in [-0.15, -0.1) is 0 Å². The molecule has 0 bridgehead atoms. The lowest BCUT2D eigenvalue weighted by atomic mass is 10.2. The van der Waals surface area contributed by atoms with Crippen LogP contribution in [0.2, 0.25) is 10.0 Å². The maximum Gasteiger partial charge on any atom is 0.264 e. The van der Waals surface area contributed by atoms with Crippen LogP contribution < -0.4 is 15.4 Å². The van der Waals surface area contributed by atoms with Crippen molar-refractivity contribution in [2.45, 2.75) is 6.54 Å². The lowest BCUT2D eigenvalue weighted by Gasteiger charge is -2.11. The number of thiocarbonyl (C=S) groups is 1. The molecule has 0 saturated heterocycles. The highest BCUT2D eigenvalue weighted by Gasteiger charge is 2.08. The van der Waals surface area contributed by atoms with E-state index in [1.54, 1.807) is 18.2 Å². The van der Waals surface area contributed by atoms with Crippen molar-refractivity contribution in [1.29, 1.82) is 0 Å². The molecule has 4 nitrogen and oxygen atoms in total. The van der Waals surface area contributed by atoms with E-state index in [9.17, 15) is 4.79 Å². The molecule has 1 amide bonds. The van der Waals surface area contributed by atoms with Crippen LogP contribution in [-0.4, -0.2) is 17.6 Å². The fraction of sp³-hybridized carbons (Fsp3) is 0.125. The first-order chi connectivity index (χ1) is 11.0. The summed E-state index contributed by atoms with van der Waals surface area (Å²) in [4.78, 5) is 11.8. The van der Waals surface area contributed by atoms with E-state index in [1.165, 1.54) is 0 Å². The van der Waals surface area contributed by atoms with Crippen LogP contribution in [0.5, 0.6) is 5.75 Å². The first kappa shape index (κ1) is 17.5. The third-order valence-electron chi connectivity index (χ3n) is 2.80. The second-order valence-electron chi connectivity index (χ2n) is 4.58. The van der Waals surface area contributed by atoms with Crippen LogP contribution in [0.3, 0.4) is 0 Å². The summed E-state index contributed by atoms with van der Waals surface area (Å²) in [7, 11) is 0. The van der Waals surface area contributed by atoms with Gasteiger partial charge in [0.25, 0.3) is 5.91 Å². The number of halogens is 2. The van der Waals surface area contributed by atoms with Crippen LogP contribution in [0.4, 0.5) is 0 Å². The van der Waals surface area contributed by atoms with Crippen LogP contribution in [-0.2, 0) is 11.3 Å². The smallest absolute Gasteiger partial charge is 0.264 e. The maximum atomic E-state index is 11.8. The molecule has 0 saturated carbocycles. The Morgan fingerprint density at radius 3 is 2.57 bits per heavy atom. The van der Waals surface area contributed by atoms with Crippen molar-refractivity contribution in [1.82, 2.24) is 10.6 Å². The minimum absolute atomic E-state index is 0.200. The second kappa shape index (κ2) is 8.72. The van der Waals surface area contributed by atoms with E-state index in [1.807, 2.05) is 30.3 Å². The van der Waals surface area contributed by atoms with Crippen molar-refractivity contribution in [3.8, 4) is 5.75 Å². The van der Waals surface area contributed by atoms with Gasteiger partial charge >= 0.3 is 0 Å². The molecule has 0 heterocycles. The molecule has 0 spiro atoms. The molecule has 0 aliphatic heterocycles. The molecule has 0 fully saturated rings. The number of benzene rings is 2. The van der Waals surface area contributed by atoms with Gasteiger partial charge in [-0.1, -0.05) is 53.5 Å². The summed E-state index contributed by atoms with van der Waals surface area (Å²) in [5, 5.41) is 6.57. The molecule has 23 heavy (non-hydrogen) atoms. The summed E-state index contributed by atoms with van der Waals surface area (Å²) >= 11 is 16.8. The lowest BCUT2D eigenvalue weighted by Crippen LogP contribution is -2.41. The average Bonchev–Trinajstić information content (AvgIpc) is 2.53. The number of carbonyl (C=O) groups is 1. The Kier molecular flexibility index (Phi) is 6.65. The molecule has 7 heteroatoms. The van der Waals surface area contributed by atoms with Crippen molar-refractivity contribution in [3.63, 3.8) is 0 Å². The molecule has 0 aliphatic carbocycles. The Bertz CT molecular complexity index is 696. The third-order valence-corrected chi connectivity index (χ3v) is 3.58. The molecule has 2 aromatic rings. The number of ether oxygens (including phenoxy) is 1. The Labute approximate surface area is 149 Å². The van der Waals surface area contributed by atoms with Gasteiger partial charge in [0.1, 0.15) is 5.75 Å². The zero-order valence-electron chi connectivity index (χ0n) is 12.0. The van der Waals surface area contributed by atoms with E-state index in [0.29, 0.717) is 22.3 Å². The molecule has 2 N–H and O–H groups in total. The van der Waals surface area contributed by atoms with E-state index in [-0.39, 0.29) is 17.6 Å². The Morgan fingerprint density at radius 2 is 1.87 bits per heavy atom. The largest absolute Gasteiger partial charge is 0.482 e. The zero-order chi connectivity index (χ0) is 16.7. The van der Waals surface area contributed by atoms with E-state index in [2.05, 4.69) is 10.6 Å². The lowest BCUT2D eigenvalue weighted by molar-refractivity contribution is -0.121. The van der Waals surface area contributed by atoms with E-state index < -0.39 is 0 Å². The Balaban J connectivity index is 1.74. The maximum absolute atomic E-state index is 11.8. The van der Waals surface area contributed by atoms with Crippen LogP contribution in [0.25, 0.3) is 0 Å². The van der Waals surface area contributed by atoms with Gasteiger partial charge in [0, 0.05) is 11.6 Å². The summed E-state index contributed by atoms with van der Waals surface area (Å²) < 4.78 is 5.33. The number of nitrogens with one attached hydrogen (secondary N) is 2. The molecule has 2 aromatic carbocycles. The van der Waals surface area contributed by atoms with Crippen LogP contribution in [0.1, 0.15) is 5.56 Å². The normalized spacial score (nSPS) is 10.0. The fourth-order valence-corrected chi connectivity index (χ4v) is 2.37. The van der Waals surface area contributed by atoms with Crippen molar-refractivity contribution in [3.05, 3.63) is 64.1 Å². The third kappa shape index (κ3) is 6.06. The molecule has 0 unspecified atom stereocenters. The van der Waals surface area contributed by atoms with E-state index in [0.717, 1.165) is 5.56 Å². The van der Waals surface area contributed by atoms with Gasteiger partial charge < -0.3 is 15.4 Å². The molecule has 0 aromatic heterocycles. The minimum Gasteiger partial charge on any atom is -0.482 e. The number of hydrogen-bond donors (Lipinski definition) is 2. The van der Waals surface area contributed by atoms with Gasteiger partial charge in [0.15, 0.2) is 11.7 Å². The minimum atomic E-state index is -0.374. The fourth-order valence-electron chi connectivity index (χ4n) is 1.72. The SMILES string of the molecule is O=C(COc1ccc(Cl)cc1Cl)NC(=S)NCc1ccccc1. The monoisotopic (exact) mass is 368 g/mol. The van der Waals surface area contributed by atoms with Crippen molar-refractivity contribution < 1.29 is 9.53 Å². The molecule has 120 valence electrons. The average molecular weight is 369 g/mol. The van der Waals surface area contributed by atoms with Crippen LogP contribution >= 0.6 is 35.4 Å². The standard InChI is InChI=1S/C16H14Cl2N2O2S/c17-12-6-7-14(13(18)8-12)22-10-15(21)20-16(23)19-9-11-4-2-1-3-5-11/h1-8H,9-10H2,(H2,19,20,21,23). The Morgan fingerprint density at radius 1 is 1.13 bits per heavy atom. The predicted octanol–water partition coefficient (Wildman–Crippen LogP) is 3.56. The molecule has 0 radical (unpaired) electrons. The quantitative estimate of drug-likeness (QED) is 0.792. The van der Waals surface area contributed by atoms with Gasteiger partial charge in [-0.3, -0.25) is 4.79 Å². The number of amides is 1. The number of rotatable bonds is 5. The van der Waals surface area contributed by atoms with E-state index >= 15 is 0 Å². The number of hydrogen-bond acceptors (Lipinski definition) is 3. The highest BCUT2D eigenvalue weighted by molar-refractivity contribution is 7.80. The predicted molar refractivity (Wildman–Crippen MR) is 96.0 cm³/mol. The topological polar surface area (TPSA) is 50.4 Å². The van der Waals surface area contributed by atoms with Crippen LogP contribution in [0, 0.1) is 0 Å². The summed E-state index contributed by atoms with van der Waals surface area (Å²) in [5.74, 6) is 0.0101. The summed E-state index contributed by atoms with van der Waals surface area (Å²) in [6.07, 6.45) is 0.